The van der Waals surface area contributed by atoms with Gasteiger partial charge in [0.25, 0.3) is 11.8 Å². The van der Waals surface area contributed by atoms with Gasteiger partial charge in [0.15, 0.2) is 5.11 Å². The third-order valence-corrected chi connectivity index (χ3v) is 5.59. The molecular weight excluding hydrogens is 436 g/mol. The van der Waals surface area contributed by atoms with Crippen LogP contribution in [0.15, 0.2) is 73.0 Å². The van der Waals surface area contributed by atoms with Crippen molar-refractivity contribution < 1.29 is 14.4 Å². The lowest BCUT2D eigenvalue weighted by Crippen LogP contribution is -2.53. The zero-order chi connectivity index (χ0) is 23.5. The normalized spacial score (nSPS) is 15.1. The van der Waals surface area contributed by atoms with Gasteiger partial charge in [-0.3, -0.25) is 24.6 Å². The minimum absolute atomic E-state index is 0.0301. The Morgan fingerprint density at radius 1 is 1.15 bits per heavy atom. The molecule has 8 heteroatoms. The van der Waals surface area contributed by atoms with Crippen LogP contribution in [-0.4, -0.2) is 38.8 Å². The van der Waals surface area contributed by atoms with Gasteiger partial charge in [-0.05, 0) is 43.4 Å². The largest absolute Gasteiger partial charge is 0.337 e. The maximum Gasteiger partial charge on any atom is 0.265 e. The number of nitrogens with one attached hydrogen (secondary N) is 2. The van der Waals surface area contributed by atoms with Crippen LogP contribution in [0.2, 0.25) is 0 Å². The second-order valence-electron chi connectivity index (χ2n) is 7.67. The molecule has 0 aliphatic carbocycles. The van der Waals surface area contributed by atoms with Crippen LogP contribution in [0.25, 0.3) is 17.0 Å². The number of nitrogens with zero attached hydrogens (tertiary/aromatic N) is 2. The van der Waals surface area contributed by atoms with Crippen molar-refractivity contribution in [3.8, 4) is 0 Å². The van der Waals surface area contributed by atoms with Crippen LogP contribution in [0.5, 0.6) is 0 Å². The van der Waals surface area contributed by atoms with Crippen LogP contribution >= 0.6 is 12.2 Å². The number of aryl methyl sites for hydroxylation is 1. The van der Waals surface area contributed by atoms with Crippen molar-refractivity contribution in [3.63, 3.8) is 0 Å². The summed E-state index contributed by atoms with van der Waals surface area (Å²) in [5.41, 5.74) is 3.25. The fourth-order valence-corrected chi connectivity index (χ4v) is 3.91. The molecule has 7 nitrogen and oxygen atoms in total. The molecule has 1 aromatic heterocycles. The molecule has 1 aliphatic rings. The highest BCUT2D eigenvalue weighted by atomic mass is 32.1. The number of benzene rings is 2. The quantitative estimate of drug-likeness (QED) is 0.257. The van der Waals surface area contributed by atoms with E-state index in [-0.39, 0.29) is 29.7 Å². The first-order chi connectivity index (χ1) is 15.9. The topological polar surface area (TPSA) is 83.4 Å². The number of para-hydroxylation sites is 1. The van der Waals surface area contributed by atoms with E-state index in [4.69, 9.17) is 12.2 Å². The molecule has 166 valence electrons. The molecule has 0 spiro atoms. The van der Waals surface area contributed by atoms with Gasteiger partial charge >= 0.3 is 0 Å². The lowest BCUT2D eigenvalue weighted by atomic mass is 10.1. The lowest BCUT2D eigenvalue weighted by molar-refractivity contribution is -0.128. The predicted molar refractivity (Wildman–Crippen MR) is 132 cm³/mol. The highest BCUT2D eigenvalue weighted by Crippen LogP contribution is 2.25. The number of fused-ring (bicyclic) bond motifs is 1. The number of aromatic nitrogens is 1. The van der Waals surface area contributed by atoms with E-state index in [0.717, 1.165) is 16.5 Å². The minimum Gasteiger partial charge on any atom is -0.337 e. The molecule has 1 aliphatic heterocycles. The van der Waals surface area contributed by atoms with E-state index in [1.54, 1.807) is 10.8 Å². The number of hydrogen-bond donors (Lipinski definition) is 2. The van der Waals surface area contributed by atoms with Crippen molar-refractivity contribution in [1.29, 1.82) is 0 Å². The zero-order valence-corrected chi connectivity index (χ0v) is 18.8. The molecule has 0 atom stereocenters. The van der Waals surface area contributed by atoms with Crippen molar-refractivity contribution in [2.24, 2.45) is 0 Å². The molecule has 2 aromatic carbocycles. The Bertz CT molecular complexity index is 1320. The molecule has 3 amide bonds. The van der Waals surface area contributed by atoms with Gasteiger partial charge in [-0.2, -0.15) is 0 Å². The number of hydrogen-bond acceptors (Lipinski definition) is 4. The number of carbonyl (C=O) groups excluding carboxylic acids is 3. The molecule has 0 bridgehead atoms. The number of rotatable bonds is 6. The predicted octanol–water partition coefficient (Wildman–Crippen LogP) is 3.40. The first-order valence-electron chi connectivity index (χ1n) is 10.3. The monoisotopic (exact) mass is 458 g/mol. The van der Waals surface area contributed by atoms with Gasteiger partial charge in [0.1, 0.15) is 12.1 Å². The van der Waals surface area contributed by atoms with Crippen LogP contribution in [0.4, 0.5) is 5.69 Å². The molecule has 1 saturated heterocycles. The molecule has 0 radical (unpaired) electrons. The van der Waals surface area contributed by atoms with Crippen molar-refractivity contribution >= 4 is 57.7 Å². The first-order valence-corrected chi connectivity index (χ1v) is 10.7. The summed E-state index contributed by atoms with van der Waals surface area (Å²) in [5, 5.41) is 6.30. The standard InChI is InChI=1S/C25H22N4O3S/c1-3-12-29-24(32)20(23(31)27-25(29)33)13-17-14-28(21-7-5-4-6-19(17)21)15-22(30)26-18-10-8-16(2)9-11-18/h3-11,13-14H,1,12,15H2,2H3,(H,26,30)(H,27,31,33)/b20-13+. The van der Waals surface area contributed by atoms with Crippen LogP contribution in [0.3, 0.4) is 0 Å². The lowest BCUT2D eigenvalue weighted by Gasteiger charge is -2.27. The fourth-order valence-electron chi connectivity index (χ4n) is 3.66. The number of thiocarbonyl (C=S) groups is 1. The third kappa shape index (κ3) is 4.61. The van der Waals surface area contributed by atoms with E-state index in [1.165, 1.54) is 17.1 Å². The third-order valence-electron chi connectivity index (χ3n) is 5.27. The first kappa shape index (κ1) is 22.2. The van der Waals surface area contributed by atoms with E-state index in [1.807, 2.05) is 55.5 Å². The van der Waals surface area contributed by atoms with Gasteiger partial charge in [0.05, 0.1) is 0 Å². The van der Waals surface area contributed by atoms with Gasteiger partial charge in [-0.15, -0.1) is 6.58 Å². The molecule has 3 aromatic rings. The SMILES string of the molecule is C=CCN1C(=O)/C(=C/c2cn(CC(=O)Nc3ccc(C)cc3)c3ccccc23)C(=O)NC1=S. The molecule has 4 rings (SSSR count). The maximum atomic E-state index is 12.9. The maximum absolute atomic E-state index is 12.9. The summed E-state index contributed by atoms with van der Waals surface area (Å²) >= 11 is 5.10. The fraction of sp³-hybridized carbons (Fsp3) is 0.120. The Balaban J connectivity index is 1.65. The molecule has 1 fully saturated rings. The number of carbonyl (C=O) groups is 3. The van der Waals surface area contributed by atoms with E-state index >= 15 is 0 Å². The summed E-state index contributed by atoms with van der Waals surface area (Å²) in [6.07, 6.45) is 4.84. The van der Waals surface area contributed by atoms with Crippen molar-refractivity contribution in [2.45, 2.75) is 13.5 Å². The van der Waals surface area contributed by atoms with E-state index in [0.29, 0.717) is 11.3 Å². The average molecular weight is 459 g/mol. The van der Waals surface area contributed by atoms with E-state index in [9.17, 15) is 14.4 Å². The summed E-state index contributed by atoms with van der Waals surface area (Å²) in [6.45, 7) is 5.88. The molecule has 2 heterocycles. The van der Waals surface area contributed by atoms with Crippen LogP contribution in [-0.2, 0) is 20.9 Å². The van der Waals surface area contributed by atoms with Crippen molar-refractivity contribution in [1.82, 2.24) is 14.8 Å². The van der Waals surface area contributed by atoms with E-state index < -0.39 is 11.8 Å². The van der Waals surface area contributed by atoms with Gasteiger partial charge in [-0.25, -0.2) is 0 Å². The zero-order valence-electron chi connectivity index (χ0n) is 18.0. The van der Waals surface area contributed by atoms with Gasteiger partial charge in [0.2, 0.25) is 5.91 Å². The molecule has 33 heavy (non-hydrogen) atoms. The highest BCUT2D eigenvalue weighted by molar-refractivity contribution is 7.80. The van der Waals surface area contributed by atoms with Gasteiger partial charge in [-0.1, -0.05) is 42.0 Å². The Kier molecular flexibility index (Phi) is 6.19. The second kappa shape index (κ2) is 9.22. The summed E-state index contributed by atoms with van der Waals surface area (Å²) in [4.78, 5) is 39.3. The number of amides is 3. The van der Waals surface area contributed by atoms with E-state index in [2.05, 4.69) is 17.2 Å². The molecule has 0 saturated carbocycles. The van der Waals surface area contributed by atoms with Gasteiger partial charge in [0, 0.05) is 34.9 Å². The second-order valence-corrected chi connectivity index (χ2v) is 8.05. The highest BCUT2D eigenvalue weighted by Gasteiger charge is 2.32. The van der Waals surface area contributed by atoms with Crippen molar-refractivity contribution in [3.05, 3.63) is 84.1 Å². The Labute approximate surface area is 196 Å². The Hall–Kier alpha value is -4.04. The van der Waals surface area contributed by atoms with Crippen LogP contribution in [0.1, 0.15) is 11.1 Å². The van der Waals surface area contributed by atoms with Crippen LogP contribution < -0.4 is 10.6 Å². The summed E-state index contributed by atoms with van der Waals surface area (Å²) < 4.78 is 1.79. The van der Waals surface area contributed by atoms with Gasteiger partial charge < -0.3 is 9.88 Å². The smallest absolute Gasteiger partial charge is 0.265 e. The molecule has 0 unspecified atom stereocenters. The summed E-state index contributed by atoms with van der Waals surface area (Å²) in [7, 11) is 0. The summed E-state index contributed by atoms with van der Waals surface area (Å²) in [6, 6.07) is 15.1. The summed E-state index contributed by atoms with van der Waals surface area (Å²) in [5.74, 6) is -1.23. The number of anilines is 1. The minimum atomic E-state index is -0.556. The Morgan fingerprint density at radius 3 is 2.61 bits per heavy atom. The van der Waals surface area contributed by atoms with Crippen molar-refractivity contribution in [2.75, 3.05) is 11.9 Å². The molecular formula is C25H22N4O3S. The van der Waals surface area contributed by atoms with Crippen LogP contribution in [0, 0.1) is 6.92 Å². The molecule has 2 N–H and O–H groups in total. The Morgan fingerprint density at radius 2 is 1.88 bits per heavy atom. The average Bonchev–Trinajstić information content (AvgIpc) is 3.13.